The van der Waals surface area contributed by atoms with Crippen molar-refractivity contribution in [3.05, 3.63) is 31.5 Å². The number of aromatic amines is 2. The summed E-state index contributed by atoms with van der Waals surface area (Å²) < 4.78 is 1.12. The molecule has 0 bridgehead atoms. The molecule has 1 aliphatic carbocycles. The molecule has 0 aliphatic heterocycles. The van der Waals surface area contributed by atoms with Gasteiger partial charge in [0.05, 0.1) is 6.04 Å². The molecule has 0 aromatic carbocycles. The maximum absolute atomic E-state index is 12.1. The van der Waals surface area contributed by atoms with Gasteiger partial charge in [-0.3, -0.25) is 9.97 Å². The molecule has 1 aromatic rings. The van der Waals surface area contributed by atoms with E-state index in [2.05, 4.69) is 15.0 Å². The third kappa shape index (κ3) is 4.39. The van der Waals surface area contributed by atoms with Crippen molar-refractivity contribution in [3.63, 3.8) is 0 Å². The van der Waals surface area contributed by atoms with Crippen LogP contribution in [0.15, 0.2) is 19.4 Å². The van der Waals surface area contributed by atoms with Gasteiger partial charge in [0.25, 0.3) is 0 Å². The minimum absolute atomic E-state index is 0.209. The van der Waals surface area contributed by atoms with Crippen molar-refractivity contribution in [1.29, 1.82) is 0 Å². The molecule has 0 spiro atoms. The number of aromatic nitrogens is 3. The number of hydrogen-bond donors (Lipinski definition) is 2. The van der Waals surface area contributed by atoms with Gasteiger partial charge in [0.2, 0.25) is 6.08 Å². The maximum Gasteiger partial charge on any atom is 0.333 e. The van der Waals surface area contributed by atoms with E-state index in [1.807, 2.05) is 0 Å². The summed E-state index contributed by atoms with van der Waals surface area (Å²) in [5.74, 6) is 0.209. The van der Waals surface area contributed by atoms with Crippen molar-refractivity contribution in [3.8, 4) is 0 Å². The van der Waals surface area contributed by atoms with Crippen LogP contribution in [0.1, 0.15) is 57.9 Å². The first-order chi connectivity index (χ1) is 11.0. The lowest BCUT2D eigenvalue weighted by atomic mass is 9.81. The van der Waals surface area contributed by atoms with Gasteiger partial charge in [0.1, 0.15) is 0 Å². The van der Waals surface area contributed by atoms with E-state index in [9.17, 15) is 19.2 Å². The SMILES string of the molecule is CC(CCC(C1CCCCC1)n1c(=O)[nH]c(=O)[nH]c1=O)N=C=O. The lowest BCUT2D eigenvalue weighted by Gasteiger charge is -2.31. The zero-order valence-corrected chi connectivity index (χ0v) is 13.2. The average molecular weight is 322 g/mol. The minimum Gasteiger partial charge on any atom is -0.259 e. The van der Waals surface area contributed by atoms with Gasteiger partial charge in [0.15, 0.2) is 0 Å². The fourth-order valence-corrected chi connectivity index (χ4v) is 3.40. The molecule has 1 aromatic heterocycles. The normalized spacial score (nSPS) is 18.1. The number of isocyanates is 1. The fraction of sp³-hybridized carbons (Fsp3) is 0.733. The van der Waals surface area contributed by atoms with E-state index in [0.717, 1.165) is 36.7 Å². The van der Waals surface area contributed by atoms with Gasteiger partial charge in [-0.2, -0.15) is 0 Å². The minimum atomic E-state index is -0.794. The highest BCUT2D eigenvalue weighted by Crippen LogP contribution is 2.34. The summed E-state index contributed by atoms with van der Waals surface area (Å²) in [6, 6.07) is -0.510. The molecule has 2 rings (SSSR count). The summed E-state index contributed by atoms with van der Waals surface area (Å²) in [5, 5.41) is 0. The summed E-state index contributed by atoms with van der Waals surface area (Å²) in [6.45, 7) is 1.79. The summed E-state index contributed by atoms with van der Waals surface area (Å²) in [5.41, 5.74) is -2.15. The van der Waals surface area contributed by atoms with Crippen molar-refractivity contribution < 1.29 is 4.79 Å². The van der Waals surface area contributed by atoms with Crippen LogP contribution in [0.25, 0.3) is 0 Å². The Morgan fingerprint density at radius 3 is 2.30 bits per heavy atom. The first-order valence-corrected chi connectivity index (χ1v) is 8.05. The molecule has 1 aliphatic rings. The van der Waals surface area contributed by atoms with Crippen LogP contribution in [-0.4, -0.2) is 26.7 Å². The first-order valence-electron chi connectivity index (χ1n) is 8.05. The Morgan fingerprint density at radius 1 is 1.13 bits per heavy atom. The largest absolute Gasteiger partial charge is 0.333 e. The summed E-state index contributed by atoms with van der Waals surface area (Å²) >= 11 is 0. The monoisotopic (exact) mass is 322 g/mol. The number of hydrogen-bond acceptors (Lipinski definition) is 5. The maximum atomic E-state index is 12.1. The molecule has 0 radical (unpaired) electrons. The van der Waals surface area contributed by atoms with Gasteiger partial charge in [-0.25, -0.2) is 28.7 Å². The van der Waals surface area contributed by atoms with Crippen molar-refractivity contribution in [2.45, 2.75) is 64.0 Å². The van der Waals surface area contributed by atoms with E-state index in [1.54, 1.807) is 6.92 Å². The predicted octanol–water partition coefficient (Wildman–Crippen LogP) is 0.851. The molecule has 2 N–H and O–H groups in total. The fourth-order valence-electron chi connectivity index (χ4n) is 3.40. The highest BCUT2D eigenvalue weighted by atomic mass is 16.2. The summed E-state index contributed by atoms with van der Waals surface area (Å²) in [7, 11) is 0. The third-order valence-electron chi connectivity index (χ3n) is 4.56. The number of rotatable bonds is 6. The lowest BCUT2D eigenvalue weighted by molar-refractivity contribution is 0.219. The van der Waals surface area contributed by atoms with E-state index in [4.69, 9.17) is 0 Å². The zero-order chi connectivity index (χ0) is 16.8. The van der Waals surface area contributed by atoms with Gasteiger partial charge in [-0.05, 0) is 38.5 Å². The lowest BCUT2D eigenvalue weighted by Crippen LogP contribution is -2.47. The quantitative estimate of drug-likeness (QED) is 0.596. The standard InChI is InChI=1S/C15H22N4O4/c1-10(16-9-20)7-8-12(11-5-3-2-4-6-11)19-14(22)17-13(21)18-15(19)23/h10-12H,2-8H2,1H3,(H2,17,18,21,22,23). The molecule has 0 saturated heterocycles. The number of nitrogens with one attached hydrogen (secondary N) is 2. The smallest absolute Gasteiger partial charge is 0.259 e. The Morgan fingerprint density at radius 2 is 1.74 bits per heavy atom. The molecular weight excluding hydrogens is 300 g/mol. The van der Waals surface area contributed by atoms with E-state index in [1.165, 1.54) is 6.08 Å². The van der Waals surface area contributed by atoms with Crippen molar-refractivity contribution in [2.75, 3.05) is 0 Å². The van der Waals surface area contributed by atoms with Crippen molar-refractivity contribution in [1.82, 2.24) is 14.5 Å². The van der Waals surface area contributed by atoms with Crippen LogP contribution in [0, 0.1) is 5.92 Å². The molecule has 0 amide bonds. The van der Waals surface area contributed by atoms with E-state index in [-0.39, 0.29) is 18.0 Å². The highest BCUT2D eigenvalue weighted by molar-refractivity contribution is 5.33. The molecule has 1 saturated carbocycles. The molecule has 1 heterocycles. The molecule has 8 nitrogen and oxygen atoms in total. The van der Waals surface area contributed by atoms with Crippen LogP contribution >= 0.6 is 0 Å². The topological polar surface area (TPSA) is 117 Å². The summed E-state index contributed by atoms with van der Waals surface area (Å²) in [4.78, 5) is 53.7. The van der Waals surface area contributed by atoms with Gasteiger partial charge in [-0.15, -0.1) is 0 Å². The molecule has 126 valence electrons. The van der Waals surface area contributed by atoms with Crippen LogP contribution in [-0.2, 0) is 4.79 Å². The number of nitrogens with zero attached hydrogens (tertiary/aromatic N) is 2. The number of carbonyl (C=O) groups excluding carboxylic acids is 1. The molecule has 23 heavy (non-hydrogen) atoms. The van der Waals surface area contributed by atoms with Gasteiger partial charge in [-0.1, -0.05) is 19.3 Å². The van der Waals surface area contributed by atoms with E-state index in [0.29, 0.717) is 12.8 Å². The zero-order valence-electron chi connectivity index (χ0n) is 13.2. The van der Waals surface area contributed by atoms with Crippen LogP contribution in [0.3, 0.4) is 0 Å². The highest BCUT2D eigenvalue weighted by Gasteiger charge is 2.28. The molecule has 1 fully saturated rings. The second-order valence-corrected chi connectivity index (χ2v) is 6.17. The van der Waals surface area contributed by atoms with Crippen molar-refractivity contribution in [2.24, 2.45) is 10.9 Å². The first kappa shape index (κ1) is 17.1. The van der Waals surface area contributed by atoms with Gasteiger partial charge in [0, 0.05) is 6.04 Å². The van der Waals surface area contributed by atoms with Crippen LogP contribution in [0.2, 0.25) is 0 Å². The van der Waals surface area contributed by atoms with Gasteiger partial charge >= 0.3 is 17.1 Å². The molecule has 2 atom stereocenters. The Labute approximate surface area is 132 Å². The van der Waals surface area contributed by atoms with Crippen molar-refractivity contribution >= 4 is 6.08 Å². The molecular formula is C15H22N4O4. The van der Waals surface area contributed by atoms with E-state index < -0.39 is 17.1 Å². The molecule has 8 heteroatoms. The van der Waals surface area contributed by atoms with E-state index >= 15 is 0 Å². The Hall–Kier alpha value is -2.21. The van der Waals surface area contributed by atoms with Crippen LogP contribution < -0.4 is 17.1 Å². The molecule has 2 unspecified atom stereocenters. The third-order valence-corrected chi connectivity index (χ3v) is 4.56. The Bertz CT molecular complexity index is 701. The Kier molecular flexibility index (Phi) is 5.87. The second-order valence-electron chi connectivity index (χ2n) is 6.17. The number of H-pyrrole nitrogens is 2. The van der Waals surface area contributed by atoms with Crippen LogP contribution in [0.4, 0.5) is 0 Å². The predicted molar refractivity (Wildman–Crippen MR) is 84.4 cm³/mol. The summed E-state index contributed by atoms with van der Waals surface area (Å²) in [6.07, 6.45) is 7.84. The van der Waals surface area contributed by atoms with Crippen LogP contribution in [0.5, 0.6) is 0 Å². The second kappa shape index (κ2) is 7.87. The Balaban J connectivity index is 2.33. The van der Waals surface area contributed by atoms with Gasteiger partial charge < -0.3 is 0 Å². The number of aliphatic imine (C=N–C) groups is 1. The average Bonchev–Trinajstić information content (AvgIpc) is 2.50.